The number of carbonyl (C=O) groups is 2. The molecule has 1 saturated heterocycles. The van der Waals surface area contributed by atoms with Gasteiger partial charge in [0.05, 0.1) is 12.2 Å². The molecular weight excluding hydrogens is 465 g/mol. The molecule has 0 aliphatic carbocycles. The van der Waals surface area contributed by atoms with E-state index in [1.54, 1.807) is 34.1 Å². The van der Waals surface area contributed by atoms with Crippen molar-refractivity contribution in [1.29, 1.82) is 0 Å². The number of benzene rings is 3. The number of rotatable bonds is 3. The van der Waals surface area contributed by atoms with Crippen LogP contribution in [0, 0.1) is 0 Å². The maximum Gasteiger partial charge on any atom is 0.323 e. The Balaban J connectivity index is 1.51. The van der Waals surface area contributed by atoms with Crippen molar-refractivity contribution >= 4 is 58.3 Å². The van der Waals surface area contributed by atoms with E-state index in [9.17, 15) is 9.59 Å². The Morgan fingerprint density at radius 1 is 1.00 bits per heavy atom. The number of hydrogen-bond acceptors (Lipinski definition) is 3. The van der Waals surface area contributed by atoms with E-state index in [1.165, 1.54) is 11.8 Å². The van der Waals surface area contributed by atoms with Gasteiger partial charge in [0.2, 0.25) is 0 Å². The quantitative estimate of drug-likeness (QED) is 0.498. The smallest absolute Gasteiger partial charge is 0.308 e. The van der Waals surface area contributed by atoms with Gasteiger partial charge in [-0.05, 0) is 42.0 Å². The Morgan fingerprint density at radius 3 is 2.50 bits per heavy atom. The minimum Gasteiger partial charge on any atom is -0.308 e. The second-order valence-electron chi connectivity index (χ2n) is 7.58. The number of para-hydroxylation sites is 1. The minimum atomic E-state index is -1.10. The topological polar surface area (TPSA) is 52.7 Å². The van der Waals surface area contributed by atoms with Crippen LogP contribution in [-0.4, -0.2) is 29.1 Å². The van der Waals surface area contributed by atoms with Gasteiger partial charge in [-0.2, -0.15) is 0 Å². The lowest BCUT2D eigenvalue weighted by Gasteiger charge is -2.33. The fourth-order valence-electron chi connectivity index (χ4n) is 4.25. The molecule has 1 spiro atoms. The van der Waals surface area contributed by atoms with Crippen LogP contribution in [0.25, 0.3) is 0 Å². The van der Waals surface area contributed by atoms with Crippen LogP contribution in [0.1, 0.15) is 11.1 Å². The third kappa shape index (κ3) is 3.43. The summed E-state index contributed by atoms with van der Waals surface area (Å²) < 4.78 is 0. The van der Waals surface area contributed by atoms with E-state index < -0.39 is 4.87 Å². The normalized spacial score (nSPS) is 19.5. The summed E-state index contributed by atoms with van der Waals surface area (Å²) >= 11 is 13.8. The third-order valence-corrected chi connectivity index (χ3v) is 7.77. The fraction of sp³-hybridized carbons (Fsp3) is 0.167. The molecule has 2 aliphatic rings. The van der Waals surface area contributed by atoms with Crippen molar-refractivity contribution < 1.29 is 9.59 Å². The van der Waals surface area contributed by atoms with Gasteiger partial charge in [0.15, 0.2) is 4.87 Å². The highest BCUT2D eigenvalue weighted by Gasteiger charge is 2.59. The van der Waals surface area contributed by atoms with Crippen molar-refractivity contribution in [1.82, 2.24) is 4.90 Å². The van der Waals surface area contributed by atoms with Crippen molar-refractivity contribution in [2.75, 3.05) is 22.5 Å². The summed E-state index contributed by atoms with van der Waals surface area (Å²) in [6.07, 6.45) is 0. The number of carbonyl (C=O) groups excluding carboxylic acids is 2. The van der Waals surface area contributed by atoms with Crippen molar-refractivity contribution in [2.24, 2.45) is 0 Å². The van der Waals surface area contributed by atoms with Gasteiger partial charge in [-0.15, -0.1) is 11.8 Å². The molecule has 1 fully saturated rings. The number of nitrogens with zero attached hydrogens (tertiary/aromatic N) is 2. The molecule has 162 valence electrons. The van der Waals surface area contributed by atoms with Crippen LogP contribution in [0.15, 0.2) is 72.8 Å². The lowest BCUT2D eigenvalue weighted by atomic mass is 10.1. The number of urea groups is 1. The highest BCUT2D eigenvalue weighted by atomic mass is 35.5. The number of anilines is 2. The number of halogens is 2. The first kappa shape index (κ1) is 21.2. The number of hydrogen-bond donors (Lipinski definition) is 1. The van der Waals surface area contributed by atoms with Gasteiger partial charge < -0.3 is 10.2 Å². The Bertz CT molecular complexity index is 1200. The molecule has 5 rings (SSSR count). The SMILES string of the molecule is O=C(Nc1ccc(Cl)cc1)N1CCS[C@]12C(=O)N(Cc1ccccc1Cl)c1ccccc12. The Morgan fingerprint density at radius 2 is 1.72 bits per heavy atom. The number of amides is 3. The molecule has 1 atom stereocenters. The molecule has 3 aromatic rings. The average Bonchev–Trinajstić information content (AvgIpc) is 3.34. The van der Waals surface area contributed by atoms with Crippen LogP contribution in [0.2, 0.25) is 10.0 Å². The molecule has 2 aliphatic heterocycles. The van der Waals surface area contributed by atoms with Gasteiger partial charge in [-0.3, -0.25) is 9.69 Å². The zero-order valence-electron chi connectivity index (χ0n) is 16.9. The first-order chi connectivity index (χ1) is 15.5. The number of nitrogens with one attached hydrogen (secondary N) is 1. The molecule has 8 heteroatoms. The number of fused-ring (bicyclic) bond motifs is 2. The van der Waals surface area contributed by atoms with E-state index in [0.717, 1.165) is 16.8 Å². The monoisotopic (exact) mass is 483 g/mol. The van der Waals surface area contributed by atoms with Crippen molar-refractivity contribution in [3.05, 3.63) is 94.0 Å². The summed E-state index contributed by atoms with van der Waals surface area (Å²) in [4.78, 5) is 29.5. The summed E-state index contributed by atoms with van der Waals surface area (Å²) in [5.74, 6) is 0.529. The molecule has 1 N–H and O–H groups in total. The van der Waals surface area contributed by atoms with E-state index in [0.29, 0.717) is 34.6 Å². The summed E-state index contributed by atoms with van der Waals surface area (Å²) in [5.41, 5.74) is 3.11. The van der Waals surface area contributed by atoms with E-state index in [4.69, 9.17) is 23.2 Å². The van der Waals surface area contributed by atoms with Crippen molar-refractivity contribution in [3.8, 4) is 0 Å². The van der Waals surface area contributed by atoms with Crippen LogP contribution in [0.5, 0.6) is 0 Å². The van der Waals surface area contributed by atoms with Gasteiger partial charge >= 0.3 is 6.03 Å². The van der Waals surface area contributed by atoms with Crippen LogP contribution in [0.3, 0.4) is 0 Å². The maximum absolute atomic E-state index is 13.9. The molecule has 5 nitrogen and oxygen atoms in total. The van der Waals surface area contributed by atoms with Gasteiger partial charge in [0, 0.05) is 33.6 Å². The lowest BCUT2D eigenvalue weighted by Crippen LogP contribution is -2.51. The standard InChI is InChI=1S/C24H19Cl2N3O2S/c25-17-9-11-18(12-10-17)27-23(31)29-13-14-32-24(29)19-6-2-4-8-21(19)28(22(24)30)15-16-5-1-3-7-20(16)26/h1-12H,13-15H2,(H,27,31)/t24-/m1/s1. The van der Waals surface area contributed by atoms with Crippen molar-refractivity contribution in [2.45, 2.75) is 11.4 Å². The van der Waals surface area contributed by atoms with Gasteiger partial charge in [-0.1, -0.05) is 59.6 Å². The van der Waals surface area contributed by atoms with Crippen LogP contribution < -0.4 is 10.2 Å². The molecule has 0 radical (unpaired) electrons. The predicted molar refractivity (Wildman–Crippen MR) is 130 cm³/mol. The first-order valence-electron chi connectivity index (χ1n) is 10.1. The summed E-state index contributed by atoms with van der Waals surface area (Å²) in [6, 6.07) is 21.7. The molecule has 3 amide bonds. The molecule has 32 heavy (non-hydrogen) atoms. The maximum atomic E-state index is 13.9. The van der Waals surface area contributed by atoms with Gasteiger partial charge in [0.25, 0.3) is 5.91 Å². The Hall–Kier alpha value is -2.67. The van der Waals surface area contributed by atoms with E-state index in [-0.39, 0.29) is 11.9 Å². The predicted octanol–water partition coefficient (Wildman–Crippen LogP) is 5.97. The lowest BCUT2D eigenvalue weighted by molar-refractivity contribution is -0.123. The second kappa shape index (κ2) is 8.35. The first-order valence-corrected chi connectivity index (χ1v) is 11.9. The minimum absolute atomic E-state index is 0.132. The third-order valence-electron chi connectivity index (χ3n) is 5.73. The summed E-state index contributed by atoms with van der Waals surface area (Å²) in [7, 11) is 0. The number of thioether (sulfide) groups is 1. The van der Waals surface area contributed by atoms with Crippen LogP contribution >= 0.6 is 35.0 Å². The van der Waals surface area contributed by atoms with E-state index in [1.807, 2.05) is 48.5 Å². The average molecular weight is 484 g/mol. The molecule has 0 unspecified atom stereocenters. The van der Waals surface area contributed by atoms with Crippen molar-refractivity contribution in [3.63, 3.8) is 0 Å². The molecule has 2 heterocycles. The fourth-order valence-corrected chi connectivity index (χ4v) is 6.03. The second-order valence-corrected chi connectivity index (χ2v) is 9.71. The zero-order chi connectivity index (χ0) is 22.3. The molecule has 3 aromatic carbocycles. The summed E-state index contributed by atoms with van der Waals surface area (Å²) in [6.45, 7) is 0.800. The Labute approximate surface area is 200 Å². The van der Waals surface area contributed by atoms with Gasteiger partial charge in [0.1, 0.15) is 0 Å². The van der Waals surface area contributed by atoms with E-state index >= 15 is 0 Å². The van der Waals surface area contributed by atoms with Crippen LogP contribution in [0.4, 0.5) is 16.2 Å². The molecule has 0 aromatic heterocycles. The largest absolute Gasteiger partial charge is 0.323 e. The molecule has 0 bridgehead atoms. The highest BCUT2D eigenvalue weighted by Crippen LogP contribution is 2.54. The van der Waals surface area contributed by atoms with Crippen LogP contribution in [-0.2, 0) is 16.2 Å². The Kier molecular flexibility index (Phi) is 5.53. The van der Waals surface area contributed by atoms with E-state index in [2.05, 4.69) is 5.32 Å². The van der Waals surface area contributed by atoms with Gasteiger partial charge in [-0.25, -0.2) is 4.79 Å². The molecular formula is C24H19Cl2N3O2S. The zero-order valence-corrected chi connectivity index (χ0v) is 19.3. The summed E-state index contributed by atoms with van der Waals surface area (Å²) in [5, 5.41) is 4.11. The molecule has 0 saturated carbocycles. The highest BCUT2D eigenvalue weighted by molar-refractivity contribution is 8.01.